The molecule has 0 atom stereocenters. The first-order valence-electron chi connectivity index (χ1n) is 5.57. The third-order valence-electron chi connectivity index (χ3n) is 2.53. The van der Waals surface area contributed by atoms with Gasteiger partial charge in [-0.1, -0.05) is 32.3 Å². The van der Waals surface area contributed by atoms with E-state index in [1.807, 2.05) is 13.0 Å². The van der Waals surface area contributed by atoms with Crippen molar-refractivity contribution in [3.63, 3.8) is 0 Å². The van der Waals surface area contributed by atoms with E-state index in [-0.39, 0.29) is 0 Å². The standard InChI is InChI=1S/C14H19N/c1-4-6-8-9-13-11-15-14(12(13)3)10-7-5-2/h10-11,15H,3-4,6,8-9H2,1-2H3/b14-10+. The molecule has 1 N–H and O–H groups in total. The molecule has 15 heavy (non-hydrogen) atoms. The molecule has 0 fully saturated rings. The van der Waals surface area contributed by atoms with E-state index >= 15 is 0 Å². The molecule has 1 heteroatoms. The highest BCUT2D eigenvalue weighted by molar-refractivity contribution is 5.44. The number of unbranched alkanes of at least 4 members (excludes halogenated alkanes) is 2. The van der Waals surface area contributed by atoms with Crippen LogP contribution in [0.3, 0.4) is 0 Å². The Hall–Kier alpha value is -1.42. The van der Waals surface area contributed by atoms with Crippen LogP contribution in [-0.2, 0) is 6.42 Å². The van der Waals surface area contributed by atoms with Crippen LogP contribution in [-0.4, -0.2) is 4.98 Å². The van der Waals surface area contributed by atoms with Crippen molar-refractivity contribution < 1.29 is 0 Å². The maximum atomic E-state index is 4.08. The molecule has 80 valence electrons. The number of aromatic nitrogens is 1. The minimum atomic E-state index is 1.05. The van der Waals surface area contributed by atoms with Gasteiger partial charge in [-0.05, 0) is 30.5 Å². The van der Waals surface area contributed by atoms with Crippen LogP contribution in [0.15, 0.2) is 6.20 Å². The van der Waals surface area contributed by atoms with Crippen LogP contribution in [0.4, 0.5) is 0 Å². The summed E-state index contributed by atoms with van der Waals surface area (Å²) in [5.41, 5.74) is 1.33. The average Bonchev–Trinajstić information content (AvgIpc) is 2.58. The second-order valence-corrected chi connectivity index (χ2v) is 3.70. The lowest BCUT2D eigenvalue weighted by atomic mass is 10.1. The SMILES string of the molecule is C=c1c(CCCCC)c[nH]/c1=C/C#CC. The molecule has 0 amide bonds. The van der Waals surface area contributed by atoms with Crippen molar-refractivity contribution in [2.24, 2.45) is 0 Å². The van der Waals surface area contributed by atoms with Gasteiger partial charge in [-0.3, -0.25) is 0 Å². The Morgan fingerprint density at radius 1 is 1.47 bits per heavy atom. The Balaban J connectivity index is 2.79. The number of hydrogen-bond acceptors (Lipinski definition) is 0. The topological polar surface area (TPSA) is 15.8 Å². The van der Waals surface area contributed by atoms with Crippen molar-refractivity contribution in [1.29, 1.82) is 0 Å². The fraction of sp³-hybridized carbons (Fsp3) is 0.429. The van der Waals surface area contributed by atoms with Crippen LogP contribution < -0.4 is 10.6 Å². The van der Waals surface area contributed by atoms with Gasteiger partial charge in [-0.25, -0.2) is 0 Å². The maximum absolute atomic E-state index is 4.08. The normalized spacial score (nSPS) is 11.2. The van der Waals surface area contributed by atoms with Gasteiger partial charge in [-0.2, -0.15) is 0 Å². The average molecular weight is 201 g/mol. The zero-order valence-corrected chi connectivity index (χ0v) is 9.69. The molecule has 0 saturated carbocycles. The van der Waals surface area contributed by atoms with E-state index in [0.29, 0.717) is 0 Å². The first-order chi connectivity index (χ1) is 7.29. The lowest BCUT2D eigenvalue weighted by molar-refractivity contribution is 0.716. The van der Waals surface area contributed by atoms with E-state index in [1.54, 1.807) is 0 Å². The molecule has 0 bridgehead atoms. The van der Waals surface area contributed by atoms with E-state index in [2.05, 4.69) is 36.5 Å². The molecule has 0 aromatic carbocycles. The first kappa shape index (κ1) is 11.7. The molecule has 0 radical (unpaired) electrons. The van der Waals surface area contributed by atoms with Crippen molar-refractivity contribution in [3.8, 4) is 11.8 Å². The van der Waals surface area contributed by atoms with Crippen molar-refractivity contribution in [2.45, 2.75) is 39.5 Å². The van der Waals surface area contributed by atoms with E-state index in [1.165, 1.54) is 24.8 Å². The quantitative estimate of drug-likeness (QED) is 0.566. The highest BCUT2D eigenvalue weighted by Gasteiger charge is 1.96. The summed E-state index contributed by atoms with van der Waals surface area (Å²) in [6, 6.07) is 0. The number of hydrogen-bond donors (Lipinski definition) is 1. The molecule has 1 rings (SSSR count). The summed E-state index contributed by atoms with van der Waals surface area (Å²) < 4.78 is 0. The van der Waals surface area contributed by atoms with E-state index in [9.17, 15) is 0 Å². The van der Waals surface area contributed by atoms with Gasteiger partial charge in [0.1, 0.15) is 0 Å². The van der Waals surface area contributed by atoms with Crippen LogP contribution in [0.25, 0.3) is 12.7 Å². The molecule has 1 aromatic heterocycles. The van der Waals surface area contributed by atoms with Crippen LogP contribution in [0.2, 0.25) is 0 Å². The van der Waals surface area contributed by atoms with E-state index in [0.717, 1.165) is 17.0 Å². The monoisotopic (exact) mass is 201 g/mol. The molecule has 1 aromatic rings. The zero-order chi connectivity index (χ0) is 11.1. The molecule has 0 saturated heterocycles. The minimum Gasteiger partial charge on any atom is -0.360 e. The van der Waals surface area contributed by atoms with E-state index in [4.69, 9.17) is 0 Å². The molecular formula is C14H19N. The Labute approximate surface area is 91.9 Å². The Morgan fingerprint density at radius 3 is 2.93 bits per heavy atom. The molecular weight excluding hydrogens is 182 g/mol. The largest absolute Gasteiger partial charge is 0.360 e. The fourth-order valence-corrected chi connectivity index (χ4v) is 1.57. The Kier molecular flexibility index (Phi) is 4.77. The summed E-state index contributed by atoms with van der Waals surface area (Å²) in [6.45, 7) is 8.14. The third kappa shape index (κ3) is 3.32. The minimum absolute atomic E-state index is 1.05. The molecule has 0 aliphatic heterocycles. The molecule has 1 heterocycles. The predicted octanol–water partition coefficient (Wildman–Crippen LogP) is 1.96. The predicted molar refractivity (Wildman–Crippen MR) is 66.7 cm³/mol. The van der Waals surface area contributed by atoms with Crippen LogP contribution >= 0.6 is 0 Å². The van der Waals surface area contributed by atoms with Crippen molar-refractivity contribution >= 4 is 12.7 Å². The summed E-state index contributed by atoms with van der Waals surface area (Å²) in [5.74, 6) is 5.79. The fourth-order valence-electron chi connectivity index (χ4n) is 1.57. The summed E-state index contributed by atoms with van der Waals surface area (Å²) in [7, 11) is 0. The van der Waals surface area contributed by atoms with Gasteiger partial charge >= 0.3 is 0 Å². The number of H-pyrrole nitrogens is 1. The van der Waals surface area contributed by atoms with Crippen LogP contribution in [0, 0.1) is 11.8 Å². The molecule has 0 unspecified atom stereocenters. The summed E-state index contributed by atoms with van der Waals surface area (Å²) in [6.07, 6.45) is 8.87. The van der Waals surface area contributed by atoms with Crippen molar-refractivity contribution in [3.05, 3.63) is 22.3 Å². The second kappa shape index (κ2) is 6.14. The summed E-state index contributed by atoms with van der Waals surface area (Å²) in [4.78, 5) is 3.22. The smallest absolute Gasteiger partial charge is 0.0535 e. The van der Waals surface area contributed by atoms with Gasteiger partial charge in [0.2, 0.25) is 0 Å². The van der Waals surface area contributed by atoms with Gasteiger partial charge < -0.3 is 4.98 Å². The highest BCUT2D eigenvalue weighted by Crippen LogP contribution is 1.99. The van der Waals surface area contributed by atoms with Crippen molar-refractivity contribution in [2.75, 3.05) is 0 Å². The second-order valence-electron chi connectivity index (χ2n) is 3.70. The number of aryl methyl sites for hydroxylation is 1. The van der Waals surface area contributed by atoms with Crippen LogP contribution in [0.5, 0.6) is 0 Å². The maximum Gasteiger partial charge on any atom is 0.0535 e. The molecule has 0 aliphatic carbocycles. The summed E-state index contributed by atoms with van der Waals surface area (Å²) in [5, 5.41) is 2.16. The number of nitrogens with one attached hydrogen (secondary N) is 1. The summed E-state index contributed by atoms with van der Waals surface area (Å²) >= 11 is 0. The Morgan fingerprint density at radius 2 is 2.27 bits per heavy atom. The third-order valence-corrected chi connectivity index (χ3v) is 2.53. The van der Waals surface area contributed by atoms with Gasteiger partial charge in [0.05, 0.1) is 5.35 Å². The molecule has 0 aliphatic rings. The molecule has 1 nitrogen and oxygen atoms in total. The van der Waals surface area contributed by atoms with E-state index < -0.39 is 0 Å². The lowest BCUT2D eigenvalue weighted by Crippen LogP contribution is -2.23. The number of rotatable bonds is 4. The Bertz CT molecular complexity index is 454. The van der Waals surface area contributed by atoms with Gasteiger partial charge in [0.25, 0.3) is 0 Å². The van der Waals surface area contributed by atoms with Crippen molar-refractivity contribution in [1.82, 2.24) is 4.98 Å². The van der Waals surface area contributed by atoms with Gasteiger partial charge in [0.15, 0.2) is 0 Å². The molecule has 0 spiro atoms. The lowest BCUT2D eigenvalue weighted by Gasteiger charge is -1.95. The highest BCUT2D eigenvalue weighted by atomic mass is 14.7. The van der Waals surface area contributed by atoms with Gasteiger partial charge in [0, 0.05) is 12.3 Å². The van der Waals surface area contributed by atoms with Gasteiger partial charge in [-0.15, -0.1) is 5.92 Å². The van der Waals surface area contributed by atoms with Crippen LogP contribution in [0.1, 0.15) is 38.7 Å². The number of aromatic amines is 1. The zero-order valence-electron chi connectivity index (χ0n) is 9.69. The first-order valence-corrected chi connectivity index (χ1v) is 5.57.